The molecule has 1 saturated carbocycles. The Morgan fingerprint density at radius 2 is 1.00 bits per heavy atom. The van der Waals surface area contributed by atoms with Gasteiger partial charge >= 0.3 is 19.8 Å². The second-order valence-corrected chi connectivity index (χ2v) is 15.5. The Labute approximate surface area is 323 Å². The molecule has 1 rings (SSSR count). The van der Waals surface area contributed by atoms with Gasteiger partial charge in [0, 0.05) is 12.8 Å². The zero-order valence-electron chi connectivity index (χ0n) is 32.8. The summed E-state index contributed by atoms with van der Waals surface area (Å²) in [6.07, 6.45) is 19.3. The standard InChI is InChI=1S/C40H71O13P/c1-3-5-7-9-11-13-15-16-17-19-21-23-25-27-29-34(42)52-32(30-50-33(41)28-26-24-22-20-18-14-12-10-8-6-4-2)31-51-54(48,49)53-40-38(46)36(44)35(43)37(45)39(40)47/h9-12,15-16,32,35-40,43-47H,3-8,13-14,17-31H2,1-2H3,(H,48,49)/b11-9+,12-10+,16-15+/t32-,35?,36-,37?,38?,39?,40?/m1/s1. The van der Waals surface area contributed by atoms with E-state index >= 15 is 0 Å². The van der Waals surface area contributed by atoms with Crippen LogP contribution in [0.1, 0.15) is 149 Å². The molecule has 1 aliphatic rings. The van der Waals surface area contributed by atoms with E-state index in [9.17, 15) is 44.6 Å². The SMILES string of the molecule is CCCC/C=C/C/C=C/CCCCCCCC(=O)O[C@H](COC(=O)CCCCCCC/C=C/CCCC)COP(=O)(O)OC1C(O)C(O)C(O)[C@@H](O)C1O. The molecule has 0 aromatic carbocycles. The van der Waals surface area contributed by atoms with E-state index in [0.29, 0.717) is 12.8 Å². The summed E-state index contributed by atoms with van der Waals surface area (Å²) in [7, 11) is -5.11. The van der Waals surface area contributed by atoms with Crippen LogP contribution in [0.5, 0.6) is 0 Å². The Morgan fingerprint density at radius 1 is 0.574 bits per heavy atom. The summed E-state index contributed by atoms with van der Waals surface area (Å²) < 4.78 is 33.3. The van der Waals surface area contributed by atoms with Crippen molar-refractivity contribution in [2.24, 2.45) is 0 Å². The third-order valence-electron chi connectivity index (χ3n) is 9.20. The minimum absolute atomic E-state index is 0.0785. The Bertz CT molecular complexity index is 1100. The maximum absolute atomic E-state index is 12.7. The van der Waals surface area contributed by atoms with E-state index in [1.165, 1.54) is 25.7 Å². The first kappa shape index (κ1) is 50.1. The maximum atomic E-state index is 12.7. The lowest BCUT2D eigenvalue weighted by Gasteiger charge is -2.41. The number of phosphoric ester groups is 1. The molecule has 54 heavy (non-hydrogen) atoms. The second-order valence-electron chi connectivity index (χ2n) is 14.1. The number of unbranched alkanes of at least 4 members (excludes halogenated alkanes) is 14. The topological polar surface area (TPSA) is 210 Å². The number of carbonyl (C=O) groups excluding carboxylic acids is 2. The molecule has 0 radical (unpaired) electrons. The number of rotatable bonds is 32. The molecular weight excluding hydrogens is 719 g/mol. The van der Waals surface area contributed by atoms with Crippen molar-refractivity contribution in [3.05, 3.63) is 36.5 Å². The highest BCUT2D eigenvalue weighted by Crippen LogP contribution is 2.47. The number of allylic oxidation sites excluding steroid dienone is 6. The number of aliphatic hydroxyl groups is 5. The van der Waals surface area contributed by atoms with E-state index < -0.39 is 75.7 Å². The Morgan fingerprint density at radius 3 is 1.52 bits per heavy atom. The zero-order chi connectivity index (χ0) is 40.0. The fraction of sp³-hybridized carbons (Fsp3) is 0.800. The van der Waals surface area contributed by atoms with E-state index in [1.807, 2.05) is 0 Å². The second kappa shape index (κ2) is 31.2. The highest BCUT2D eigenvalue weighted by molar-refractivity contribution is 7.47. The molecular formula is C40H71O13P. The van der Waals surface area contributed by atoms with E-state index in [1.54, 1.807) is 0 Å². The Hall–Kier alpha value is -1.93. The van der Waals surface area contributed by atoms with E-state index in [-0.39, 0.29) is 12.8 Å². The van der Waals surface area contributed by atoms with Crippen molar-refractivity contribution in [2.75, 3.05) is 13.2 Å². The number of esters is 2. The summed E-state index contributed by atoms with van der Waals surface area (Å²) in [5.74, 6) is -1.13. The number of hydrogen-bond donors (Lipinski definition) is 6. The lowest BCUT2D eigenvalue weighted by molar-refractivity contribution is -0.220. The van der Waals surface area contributed by atoms with Gasteiger partial charge in [0.05, 0.1) is 6.61 Å². The van der Waals surface area contributed by atoms with Crippen molar-refractivity contribution in [1.82, 2.24) is 0 Å². The molecule has 0 bridgehead atoms. The molecule has 0 heterocycles. The van der Waals surface area contributed by atoms with Gasteiger partial charge in [-0.2, -0.15) is 0 Å². The van der Waals surface area contributed by atoms with Crippen LogP contribution in [-0.2, 0) is 32.7 Å². The quantitative estimate of drug-likeness (QED) is 0.0183. The van der Waals surface area contributed by atoms with Crippen LogP contribution in [-0.4, -0.2) is 98.3 Å². The number of aliphatic hydroxyl groups excluding tert-OH is 5. The number of phosphoric acid groups is 1. The van der Waals surface area contributed by atoms with Crippen LogP contribution in [0.4, 0.5) is 0 Å². The van der Waals surface area contributed by atoms with Crippen LogP contribution in [0.25, 0.3) is 0 Å². The van der Waals surface area contributed by atoms with Gasteiger partial charge in [0.2, 0.25) is 0 Å². The smallest absolute Gasteiger partial charge is 0.462 e. The number of hydrogen-bond acceptors (Lipinski definition) is 12. The first-order valence-electron chi connectivity index (χ1n) is 20.3. The molecule has 0 spiro atoms. The number of ether oxygens (including phenoxy) is 2. The average molecular weight is 791 g/mol. The summed E-state index contributed by atoms with van der Waals surface area (Å²) in [5.41, 5.74) is 0. The lowest BCUT2D eigenvalue weighted by atomic mass is 9.85. The van der Waals surface area contributed by atoms with Crippen LogP contribution >= 0.6 is 7.82 Å². The summed E-state index contributed by atoms with van der Waals surface area (Å²) >= 11 is 0. The highest BCUT2D eigenvalue weighted by Gasteiger charge is 2.51. The normalized spacial score (nSPS) is 23.6. The van der Waals surface area contributed by atoms with Gasteiger partial charge < -0.3 is 39.9 Å². The predicted molar refractivity (Wildman–Crippen MR) is 207 cm³/mol. The van der Waals surface area contributed by atoms with Crippen molar-refractivity contribution in [2.45, 2.75) is 191 Å². The highest BCUT2D eigenvalue weighted by atomic mass is 31.2. The van der Waals surface area contributed by atoms with E-state index in [2.05, 4.69) is 50.3 Å². The van der Waals surface area contributed by atoms with Crippen LogP contribution in [0.2, 0.25) is 0 Å². The van der Waals surface area contributed by atoms with Crippen molar-refractivity contribution in [3.63, 3.8) is 0 Å². The Balaban J connectivity index is 2.54. The predicted octanol–water partition coefficient (Wildman–Crippen LogP) is 6.66. The summed E-state index contributed by atoms with van der Waals surface area (Å²) in [6.45, 7) is 3.16. The van der Waals surface area contributed by atoms with Crippen LogP contribution in [0.3, 0.4) is 0 Å². The van der Waals surface area contributed by atoms with Gasteiger partial charge in [0.1, 0.15) is 43.2 Å². The van der Waals surface area contributed by atoms with Gasteiger partial charge in [0.15, 0.2) is 6.10 Å². The first-order chi connectivity index (χ1) is 25.9. The van der Waals surface area contributed by atoms with Gasteiger partial charge in [-0.1, -0.05) is 115 Å². The van der Waals surface area contributed by atoms with Crippen molar-refractivity contribution < 1.29 is 63.1 Å². The van der Waals surface area contributed by atoms with Crippen LogP contribution < -0.4 is 0 Å². The van der Waals surface area contributed by atoms with E-state index in [4.69, 9.17) is 18.5 Å². The molecule has 1 fully saturated rings. The van der Waals surface area contributed by atoms with Gasteiger partial charge in [-0.3, -0.25) is 18.6 Å². The molecule has 14 heteroatoms. The fourth-order valence-electron chi connectivity index (χ4n) is 5.81. The molecule has 0 aromatic rings. The third kappa shape index (κ3) is 23.9. The third-order valence-corrected chi connectivity index (χ3v) is 10.2. The molecule has 314 valence electrons. The summed E-state index contributed by atoms with van der Waals surface area (Å²) in [5, 5.41) is 49.9. The van der Waals surface area contributed by atoms with Crippen molar-refractivity contribution >= 4 is 19.8 Å². The van der Waals surface area contributed by atoms with Crippen LogP contribution in [0.15, 0.2) is 36.5 Å². The zero-order valence-corrected chi connectivity index (χ0v) is 33.7. The average Bonchev–Trinajstić information content (AvgIpc) is 3.15. The van der Waals surface area contributed by atoms with Gasteiger partial charge in [-0.25, -0.2) is 4.57 Å². The van der Waals surface area contributed by atoms with Crippen LogP contribution in [0, 0.1) is 0 Å². The first-order valence-corrected chi connectivity index (χ1v) is 21.8. The molecule has 0 aromatic heterocycles. The number of carbonyl (C=O) groups is 2. The van der Waals surface area contributed by atoms with Crippen molar-refractivity contribution in [3.8, 4) is 0 Å². The fourth-order valence-corrected chi connectivity index (χ4v) is 6.78. The largest absolute Gasteiger partial charge is 0.472 e. The molecule has 1 aliphatic carbocycles. The summed E-state index contributed by atoms with van der Waals surface area (Å²) in [6, 6.07) is 0. The molecule has 0 aliphatic heterocycles. The minimum Gasteiger partial charge on any atom is -0.462 e. The van der Waals surface area contributed by atoms with E-state index in [0.717, 1.165) is 83.5 Å². The van der Waals surface area contributed by atoms with Gasteiger partial charge in [-0.15, -0.1) is 0 Å². The molecule has 0 amide bonds. The molecule has 6 unspecified atom stereocenters. The molecule has 6 N–H and O–H groups in total. The van der Waals surface area contributed by atoms with Crippen molar-refractivity contribution in [1.29, 1.82) is 0 Å². The van der Waals surface area contributed by atoms with Gasteiger partial charge in [-0.05, 0) is 57.8 Å². The summed E-state index contributed by atoms with van der Waals surface area (Å²) in [4.78, 5) is 35.5. The lowest BCUT2D eigenvalue weighted by Crippen LogP contribution is -2.64. The minimum atomic E-state index is -5.11. The monoisotopic (exact) mass is 790 g/mol. The Kier molecular flexibility index (Phi) is 28.9. The maximum Gasteiger partial charge on any atom is 0.472 e. The molecule has 8 atom stereocenters. The van der Waals surface area contributed by atoms with Gasteiger partial charge in [0.25, 0.3) is 0 Å². The molecule has 13 nitrogen and oxygen atoms in total. The molecule has 0 saturated heterocycles.